The predicted octanol–water partition coefficient (Wildman–Crippen LogP) is 1.38. The molecule has 0 aliphatic carbocycles. The van der Waals surface area contributed by atoms with Crippen molar-refractivity contribution in [1.29, 1.82) is 0 Å². The quantitative estimate of drug-likeness (QED) is 0.679. The van der Waals surface area contributed by atoms with Crippen molar-refractivity contribution in [3.8, 4) is 0 Å². The Balaban J connectivity index is 1.67. The zero-order valence-corrected chi connectivity index (χ0v) is 14.6. The maximum absolute atomic E-state index is 13.3. The zero-order valence-electron chi connectivity index (χ0n) is 14.6. The van der Waals surface area contributed by atoms with Crippen LogP contribution in [0.25, 0.3) is 10.9 Å². The maximum atomic E-state index is 13.3. The number of carbonyl (C=O) groups is 1. The highest BCUT2D eigenvalue weighted by Gasteiger charge is 2.25. The number of hydrogen-bond donors (Lipinski definition) is 3. The minimum Gasteiger partial charge on any atom is -0.396 e. The zero-order chi connectivity index (χ0) is 18.5. The molecule has 1 atom stereocenters. The van der Waals surface area contributed by atoms with Gasteiger partial charge in [0, 0.05) is 48.9 Å². The van der Waals surface area contributed by atoms with Gasteiger partial charge in [0.05, 0.1) is 5.92 Å². The molecule has 2 aromatic rings. The van der Waals surface area contributed by atoms with E-state index in [-0.39, 0.29) is 23.9 Å². The first-order chi connectivity index (χ1) is 12.6. The van der Waals surface area contributed by atoms with Gasteiger partial charge in [-0.05, 0) is 44.0 Å². The fraction of sp³-hybridized carbons (Fsp3) is 0.474. The highest BCUT2D eigenvalue weighted by atomic mass is 19.1. The molecular formula is C19H24FN3O3. The molecule has 1 fully saturated rings. The Labute approximate surface area is 151 Å². The van der Waals surface area contributed by atoms with Crippen LogP contribution < -0.4 is 10.7 Å². The molecule has 0 saturated carbocycles. The number of likely N-dealkylation sites (tertiary alicyclic amines) is 1. The summed E-state index contributed by atoms with van der Waals surface area (Å²) in [6, 6.07) is 5.65. The van der Waals surface area contributed by atoms with Crippen molar-refractivity contribution in [2.24, 2.45) is 5.92 Å². The number of H-pyrrole nitrogens is 1. The van der Waals surface area contributed by atoms with E-state index in [9.17, 15) is 14.0 Å². The van der Waals surface area contributed by atoms with Gasteiger partial charge < -0.3 is 15.4 Å². The molecule has 1 aromatic heterocycles. The summed E-state index contributed by atoms with van der Waals surface area (Å²) in [5, 5.41) is 12.0. The van der Waals surface area contributed by atoms with E-state index in [0.717, 1.165) is 25.1 Å². The molecule has 0 spiro atoms. The Hall–Kier alpha value is -2.25. The van der Waals surface area contributed by atoms with E-state index >= 15 is 0 Å². The molecule has 1 amide bonds. The average Bonchev–Trinajstić information content (AvgIpc) is 2.63. The number of nitrogens with one attached hydrogen (secondary N) is 2. The van der Waals surface area contributed by atoms with Gasteiger partial charge in [-0.15, -0.1) is 0 Å². The van der Waals surface area contributed by atoms with Crippen LogP contribution in [0.3, 0.4) is 0 Å². The van der Waals surface area contributed by atoms with Crippen molar-refractivity contribution in [2.45, 2.75) is 25.8 Å². The van der Waals surface area contributed by atoms with Gasteiger partial charge >= 0.3 is 0 Å². The smallest absolute Gasteiger partial charge is 0.224 e. The molecule has 3 rings (SSSR count). The molecule has 1 unspecified atom stereocenters. The summed E-state index contributed by atoms with van der Waals surface area (Å²) < 4.78 is 13.3. The van der Waals surface area contributed by atoms with Crippen LogP contribution in [-0.4, -0.2) is 47.1 Å². The lowest BCUT2D eigenvalue weighted by molar-refractivity contribution is -0.126. The minimum atomic E-state index is -0.429. The molecule has 0 bridgehead atoms. The van der Waals surface area contributed by atoms with Gasteiger partial charge in [-0.25, -0.2) is 4.39 Å². The molecule has 7 heteroatoms. The molecule has 2 heterocycles. The van der Waals surface area contributed by atoms with E-state index in [1.54, 1.807) is 6.07 Å². The fourth-order valence-corrected chi connectivity index (χ4v) is 3.45. The monoisotopic (exact) mass is 361 g/mol. The number of carbonyl (C=O) groups excluding carboxylic acids is 1. The molecule has 26 heavy (non-hydrogen) atoms. The summed E-state index contributed by atoms with van der Waals surface area (Å²) in [5.41, 5.74) is 1.17. The number of halogens is 1. The van der Waals surface area contributed by atoms with Crippen molar-refractivity contribution in [1.82, 2.24) is 15.2 Å². The van der Waals surface area contributed by atoms with Crippen LogP contribution in [0.15, 0.2) is 29.1 Å². The number of fused-ring (bicyclic) bond motifs is 1. The standard InChI is InChI=1S/C19H24FN3O3/c20-14-4-5-17-16(9-14)18(25)10-15(22-17)12-23-7-1-3-13(11-23)19(26)21-6-2-8-24/h4-5,9-10,13,24H,1-3,6-8,11-12H2,(H,21,26)(H,22,25). The topological polar surface area (TPSA) is 85.4 Å². The number of benzene rings is 1. The number of amides is 1. The second-order valence-corrected chi connectivity index (χ2v) is 6.79. The fourth-order valence-electron chi connectivity index (χ4n) is 3.45. The first kappa shape index (κ1) is 18.5. The Kier molecular flexibility index (Phi) is 6.00. The highest BCUT2D eigenvalue weighted by molar-refractivity contribution is 5.79. The summed E-state index contributed by atoms with van der Waals surface area (Å²) in [6.45, 7) is 2.60. The van der Waals surface area contributed by atoms with E-state index in [1.807, 2.05) is 0 Å². The largest absolute Gasteiger partial charge is 0.396 e. The van der Waals surface area contributed by atoms with Crippen LogP contribution in [0.5, 0.6) is 0 Å². The van der Waals surface area contributed by atoms with Gasteiger partial charge in [-0.2, -0.15) is 0 Å². The van der Waals surface area contributed by atoms with Crippen LogP contribution in [0, 0.1) is 11.7 Å². The Morgan fingerprint density at radius 1 is 1.38 bits per heavy atom. The number of hydrogen-bond acceptors (Lipinski definition) is 4. The third kappa shape index (κ3) is 4.47. The molecular weight excluding hydrogens is 337 g/mol. The molecule has 1 saturated heterocycles. The maximum Gasteiger partial charge on any atom is 0.224 e. The minimum absolute atomic E-state index is 0.0191. The lowest BCUT2D eigenvalue weighted by Crippen LogP contribution is -2.43. The van der Waals surface area contributed by atoms with Crippen LogP contribution in [-0.2, 0) is 11.3 Å². The van der Waals surface area contributed by atoms with Crippen molar-refractivity contribution >= 4 is 16.8 Å². The number of aromatic amines is 1. The van der Waals surface area contributed by atoms with Gasteiger partial charge in [0.15, 0.2) is 5.43 Å². The molecule has 1 aromatic carbocycles. The summed E-state index contributed by atoms with van der Waals surface area (Å²) >= 11 is 0. The molecule has 3 N–H and O–H groups in total. The lowest BCUT2D eigenvalue weighted by Gasteiger charge is -2.31. The number of aliphatic hydroxyl groups is 1. The number of aromatic nitrogens is 1. The number of nitrogens with zero attached hydrogens (tertiary/aromatic N) is 1. The van der Waals surface area contributed by atoms with Crippen molar-refractivity contribution in [3.05, 3.63) is 46.0 Å². The molecule has 1 aliphatic rings. The van der Waals surface area contributed by atoms with Gasteiger partial charge in [-0.1, -0.05) is 0 Å². The lowest BCUT2D eigenvalue weighted by atomic mass is 9.97. The number of aliphatic hydroxyl groups excluding tert-OH is 1. The summed E-state index contributed by atoms with van der Waals surface area (Å²) in [4.78, 5) is 29.8. The number of piperidine rings is 1. The van der Waals surface area contributed by atoms with E-state index in [1.165, 1.54) is 18.2 Å². The Bertz CT molecular complexity index is 836. The summed E-state index contributed by atoms with van der Waals surface area (Å²) in [6.07, 6.45) is 2.32. The van der Waals surface area contributed by atoms with Crippen LogP contribution in [0.2, 0.25) is 0 Å². The van der Waals surface area contributed by atoms with Crippen molar-refractivity contribution in [2.75, 3.05) is 26.2 Å². The molecule has 6 nitrogen and oxygen atoms in total. The van der Waals surface area contributed by atoms with Gasteiger partial charge in [0.25, 0.3) is 0 Å². The normalized spacial score (nSPS) is 18.2. The molecule has 140 valence electrons. The Morgan fingerprint density at radius 3 is 3.04 bits per heavy atom. The molecule has 1 aliphatic heterocycles. The third-order valence-electron chi connectivity index (χ3n) is 4.75. The summed E-state index contributed by atoms with van der Waals surface area (Å²) in [7, 11) is 0. The second-order valence-electron chi connectivity index (χ2n) is 6.79. The van der Waals surface area contributed by atoms with Crippen molar-refractivity contribution in [3.63, 3.8) is 0 Å². The number of pyridine rings is 1. The Morgan fingerprint density at radius 2 is 2.23 bits per heavy atom. The number of rotatable bonds is 6. The average molecular weight is 361 g/mol. The van der Waals surface area contributed by atoms with Crippen LogP contribution in [0.1, 0.15) is 25.0 Å². The predicted molar refractivity (Wildman–Crippen MR) is 97.2 cm³/mol. The van der Waals surface area contributed by atoms with Gasteiger partial charge in [-0.3, -0.25) is 14.5 Å². The van der Waals surface area contributed by atoms with Crippen molar-refractivity contribution < 1.29 is 14.3 Å². The first-order valence-electron chi connectivity index (χ1n) is 8.99. The van der Waals surface area contributed by atoms with E-state index < -0.39 is 5.82 Å². The first-order valence-corrected chi connectivity index (χ1v) is 8.99. The third-order valence-corrected chi connectivity index (χ3v) is 4.75. The second kappa shape index (κ2) is 8.42. The van der Waals surface area contributed by atoms with E-state index in [0.29, 0.717) is 37.0 Å². The van der Waals surface area contributed by atoms with E-state index in [2.05, 4.69) is 15.2 Å². The SMILES string of the molecule is O=C(NCCCO)C1CCCN(Cc2cc(=O)c3cc(F)ccc3[nH]2)C1. The van der Waals surface area contributed by atoms with Gasteiger partial charge in [0.1, 0.15) is 5.82 Å². The summed E-state index contributed by atoms with van der Waals surface area (Å²) in [5.74, 6) is -0.490. The highest BCUT2D eigenvalue weighted by Crippen LogP contribution is 2.19. The molecule has 0 radical (unpaired) electrons. The van der Waals surface area contributed by atoms with E-state index in [4.69, 9.17) is 5.11 Å². The van der Waals surface area contributed by atoms with Crippen LogP contribution >= 0.6 is 0 Å². The van der Waals surface area contributed by atoms with Gasteiger partial charge in [0.2, 0.25) is 5.91 Å². The van der Waals surface area contributed by atoms with Crippen LogP contribution in [0.4, 0.5) is 4.39 Å².